The molecule has 1 N–H and O–H groups in total. The van der Waals surface area contributed by atoms with Crippen LogP contribution in [0.3, 0.4) is 0 Å². The van der Waals surface area contributed by atoms with Gasteiger partial charge in [0.1, 0.15) is 6.04 Å². The molecule has 3 rings (SSSR count). The molecule has 4 nitrogen and oxygen atoms in total. The standard InChI is InChI=1S/C25H30BrClN2O2S/c1-18(25(31)28-22-5-3-2-4-6-22)29(17-19-7-9-20(26)10-8-19)24(30)15-16-32-23-13-11-21(27)12-14-23/h7-14,18,22H,2-6,15-17H2,1H3,(H,28,31)/t18-/m0/s1. The van der Waals surface area contributed by atoms with Crippen LogP contribution >= 0.6 is 39.3 Å². The van der Waals surface area contributed by atoms with Crippen molar-refractivity contribution in [3.05, 3.63) is 63.6 Å². The van der Waals surface area contributed by atoms with Gasteiger partial charge in [0.2, 0.25) is 11.8 Å². The fourth-order valence-corrected chi connectivity index (χ4v) is 5.10. The molecule has 32 heavy (non-hydrogen) atoms. The maximum atomic E-state index is 13.2. The summed E-state index contributed by atoms with van der Waals surface area (Å²) in [5, 5.41) is 3.88. The Balaban J connectivity index is 1.64. The highest BCUT2D eigenvalue weighted by Crippen LogP contribution is 2.23. The molecule has 0 bridgehead atoms. The molecule has 1 atom stereocenters. The van der Waals surface area contributed by atoms with E-state index in [1.54, 1.807) is 16.7 Å². The van der Waals surface area contributed by atoms with Gasteiger partial charge in [0.15, 0.2) is 0 Å². The van der Waals surface area contributed by atoms with Crippen molar-refractivity contribution in [2.24, 2.45) is 0 Å². The molecular formula is C25H30BrClN2O2S. The maximum absolute atomic E-state index is 13.2. The van der Waals surface area contributed by atoms with E-state index in [4.69, 9.17) is 11.6 Å². The van der Waals surface area contributed by atoms with E-state index in [1.165, 1.54) is 6.42 Å². The zero-order valence-electron chi connectivity index (χ0n) is 18.4. The summed E-state index contributed by atoms with van der Waals surface area (Å²) in [6.07, 6.45) is 5.96. The molecule has 0 heterocycles. The number of amides is 2. The number of nitrogens with one attached hydrogen (secondary N) is 1. The van der Waals surface area contributed by atoms with E-state index in [9.17, 15) is 9.59 Å². The lowest BCUT2D eigenvalue weighted by Crippen LogP contribution is -2.50. The van der Waals surface area contributed by atoms with Gasteiger partial charge in [-0.1, -0.05) is 58.9 Å². The summed E-state index contributed by atoms with van der Waals surface area (Å²) in [7, 11) is 0. The smallest absolute Gasteiger partial charge is 0.242 e. The number of halogens is 2. The van der Waals surface area contributed by atoms with Gasteiger partial charge in [-0.25, -0.2) is 0 Å². The molecule has 0 aliphatic heterocycles. The van der Waals surface area contributed by atoms with Crippen molar-refractivity contribution in [3.63, 3.8) is 0 Å². The molecule has 2 aromatic carbocycles. The van der Waals surface area contributed by atoms with Gasteiger partial charge < -0.3 is 10.2 Å². The van der Waals surface area contributed by atoms with Crippen LogP contribution in [0.4, 0.5) is 0 Å². The Hall–Kier alpha value is -1.50. The highest BCUT2D eigenvalue weighted by atomic mass is 79.9. The second-order valence-corrected chi connectivity index (χ2v) is 10.7. The molecule has 1 saturated carbocycles. The summed E-state index contributed by atoms with van der Waals surface area (Å²) in [6, 6.07) is 15.2. The quantitative estimate of drug-likeness (QED) is 0.374. The van der Waals surface area contributed by atoms with Crippen LogP contribution in [0.5, 0.6) is 0 Å². The second-order valence-electron chi connectivity index (χ2n) is 8.22. The zero-order chi connectivity index (χ0) is 22.9. The molecule has 1 aliphatic rings. The van der Waals surface area contributed by atoms with Crippen LogP contribution in [0.1, 0.15) is 51.0 Å². The number of hydrogen-bond acceptors (Lipinski definition) is 3. The van der Waals surface area contributed by atoms with Crippen molar-refractivity contribution in [1.29, 1.82) is 0 Å². The zero-order valence-corrected chi connectivity index (χ0v) is 21.5. The van der Waals surface area contributed by atoms with Crippen LogP contribution in [-0.2, 0) is 16.1 Å². The summed E-state index contributed by atoms with van der Waals surface area (Å²) < 4.78 is 0.988. The second kappa shape index (κ2) is 12.7. The van der Waals surface area contributed by atoms with Crippen molar-refractivity contribution in [1.82, 2.24) is 10.2 Å². The molecule has 2 amide bonds. The Bertz CT molecular complexity index is 886. The first kappa shape index (κ1) is 25.1. The van der Waals surface area contributed by atoms with Gasteiger partial charge in [0, 0.05) is 39.2 Å². The molecular weight excluding hydrogens is 508 g/mol. The molecule has 0 spiro atoms. The Morgan fingerprint density at radius 3 is 2.41 bits per heavy atom. The lowest BCUT2D eigenvalue weighted by molar-refractivity contribution is -0.140. The van der Waals surface area contributed by atoms with E-state index in [2.05, 4.69) is 21.2 Å². The van der Waals surface area contributed by atoms with Crippen LogP contribution in [0.15, 0.2) is 57.9 Å². The van der Waals surface area contributed by atoms with E-state index in [-0.39, 0.29) is 17.9 Å². The average molecular weight is 538 g/mol. The molecule has 2 aromatic rings. The van der Waals surface area contributed by atoms with E-state index in [1.807, 2.05) is 55.5 Å². The number of benzene rings is 2. The fourth-order valence-electron chi connectivity index (χ4n) is 3.87. The first-order chi connectivity index (χ1) is 15.4. The van der Waals surface area contributed by atoms with Gasteiger partial charge in [-0.2, -0.15) is 0 Å². The van der Waals surface area contributed by atoms with E-state index in [0.29, 0.717) is 23.7 Å². The minimum atomic E-state index is -0.520. The summed E-state index contributed by atoms with van der Waals surface area (Å²) in [5.41, 5.74) is 1.00. The van der Waals surface area contributed by atoms with Gasteiger partial charge in [0.05, 0.1) is 0 Å². The predicted octanol–water partition coefficient (Wildman–Crippen LogP) is 6.45. The summed E-state index contributed by atoms with van der Waals surface area (Å²) in [6.45, 7) is 2.25. The number of carbonyl (C=O) groups is 2. The molecule has 0 radical (unpaired) electrons. The first-order valence-corrected chi connectivity index (χ1v) is 13.3. The Labute approximate surface area is 208 Å². The lowest BCUT2D eigenvalue weighted by atomic mass is 9.95. The van der Waals surface area contributed by atoms with Crippen LogP contribution in [0.25, 0.3) is 0 Å². The minimum absolute atomic E-state index is 0.0133. The Morgan fingerprint density at radius 2 is 1.75 bits per heavy atom. The van der Waals surface area contributed by atoms with Gasteiger partial charge in [0.25, 0.3) is 0 Å². The highest BCUT2D eigenvalue weighted by Gasteiger charge is 2.27. The normalized spacial score (nSPS) is 15.2. The van der Waals surface area contributed by atoms with Crippen LogP contribution < -0.4 is 5.32 Å². The molecule has 7 heteroatoms. The van der Waals surface area contributed by atoms with E-state index < -0.39 is 6.04 Å². The molecule has 1 fully saturated rings. The molecule has 1 aliphatic carbocycles. The monoisotopic (exact) mass is 536 g/mol. The number of nitrogens with zero attached hydrogens (tertiary/aromatic N) is 1. The average Bonchev–Trinajstić information content (AvgIpc) is 2.80. The number of rotatable bonds is 9. The Kier molecular flexibility index (Phi) is 9.94. The fraction of sp³-hybridized carbons (Fsp3) is 0.440. The van der Waals surface area contributed by atoms with Crippen LogP contribution in [0.2, 0.25) is 5.02 Å². The largest absolute Gasteiger partial charge is 0.352 e. The van der Waals surface area contributed by atoms with Crippen molar-refractivity contribution in [2.75, 3.05) is 5.75 Å². The van der Waals surface area contributed by atoms with Crippen molar-refractivity contribution in [2.45, 2.75) is 69.0 Å². The topological polar surface area (TPSA) is 49.4 Å². The molecule has 0 aromatic heterocycles. The van der Waals surface area contributed by atoms with Crippen molar-refractivity contribution >= 4 is 51.1 Å². The van der Waals surface area contributed by atoms with Crippen LogP contribution in [-0.4, -0.2) is 34.6 Å². The van der Waals surface area contributed by atoms with Gasteiger partial charge in [-0.05, 0) is 61.7 Å². The molecule has 0 saturated heterocycles. The number of hydrogen-bond donors (Lipinski definition) is 1. The summed E-state index contributed by atoms with van der Waals surface area (Å²) >= 11 is 11.0. The number of thioether (sulfide) groups is 1. The van der Waals surface area contributed by atoms with Crippen molar-refractivity contribution in [3.8, 4) is 0 Å². The third kappa shape index (κ3) is 7.82. The lowest BCUT2D eigenvalue weighted by Gasteiger charge is -2.31. The number of carbonyl (C=O) groups excluding carboxylic acids is 2. The third-order valence-electron chi connectivity index (χ3n) is 5.78. The summed E-state index contributed by atoms with van der Waals surface area (Å²) in [4.78, 5) is 29.0. The van der Waals surface area contributed by atoms with Gasteiger partial charge in [-0.15, -0.1) is 11.8 Å². The third-order valence-corrected chi connectivity index (χ3v) is 7.58. The van der Waals surface area contributed by atoms with E-state index in [0.717, 1.165) is 40.6 Å². The highest BCUT2D eigenvalue weighted by molar-refractivity contribution is 9.10. The van der Waals surface area contributed by atoms with Gasteiger partial charge in [-0.3, -0.25) is 9.59 Å². The predicted molar refractivity (Wildman–Crippen MR) is 136 cm³/mol. The SMILES string of the molecule is C[C@@H](C(=O)NC1CCCCC1)N(Cc1ccc(Br)cc1)C(=O)CCSc1ccc(Cl)cc1. The first-order valence-electron chi connectivity index (χ1n) is 11.1. The van der Waals surface area contributed by atoms with Crippen molar-refractivity contribution < 1.29 is 9.59 Å². The van der Waals surface area contributed by atoms with E-state index >= 15 is 0 Å². The maximum Gasteiger partial charge on any atom is 0.242 e. The molecule has 172 valence electrons. The van der Waals surface area contributed by atoms with Gasteiger partial charge >= 0.3 is 0 Å². The van der Waals surface area contributed by atoms with Crippen LogP contribution in [0, 0.1) is 0 Å². The Morgan fingerprint density at radius 1 is 1.09 bits per heavy atom. The summed E-state index contributed by atoms with van der Waals surface area (Å²) in [5.74, 6) is 0.572. The minimum Gasteiger partial charge on any atom is -0.352 e. The molecule has 0 unspecified atom stereocenters.